The first-order valence-corrected chi connectivity index (χ1v) is 5.88. The van der Waals surface area contributed by atoms with Gasteiger partial charge in [0.05, 0.1) is 0 Å². The van der Waals surface area contributed by atoms with Gasteiger partial charge in [-0.3, -0.25) is 0 Å². The van der Waals surface area contributed by atoms with Crippen LogP contribution in [0.2, 0.25) is 0 Å². The largest absolute Gasteiger partial charge is 0.381 e. The molecule has 0 spiro atoms. The van der Waals surface area contributed by atoms with E-state index in [1.165, 1.54) is 37.2 Å². The monoisotopic (exact) mass is 204 g/mol. The Morgan fingerprint density at radius 3 is 2.80 bits per heavy atom. The van der Waals surface area contributed by atoms with Crippen molar-refractivity contribution in [2.75, 3.05) is 18.4 Å². The molecular formula is C13H20N2. The maximum atomic E-state index is 3.33. The van der Waals surface area contributed by atoms with Gasteiger partial charge >= 0.3 is 0 Å². The Morgan fingerprint density at radius 1 is 1.33 bits per heavy atom. The van der Waals surface area contributed by atoms with Crippen molar-refractivity contribution >= 4 is 5.69 Å². The molecule has 0 saturated carbocycles. The van der Waals surface area contributed by atoms with Gasteiger partial charge in [0, 0.05) is 12.2 Å². The molecule has 1 saturated heterocycles. The number of hydrogen-bond acceptors (Lipinski definition) is 2. The van der Waals surface area contributed by atoms with Gasteiger partial charge in [0.1, 0.15) is 0 Å². The predicted octanol–water partition coefficient (Wildman–Crippen LogP) is 2.62. The van der Waals surface area contributed by atoms with E-state index in [2.05, 4.69) is 41.8 Å². The Labute approximate surface area is 92.1 Å². The third-order valence-corrected chi connectivity index (χ3v) is 2.97. The molecule has 1 aromatic carbocycles. The predicted molar refractivity (Wildman–Crippen MR) is 65.0 cm³/mol. The second kappa shape index (κ2) is 5.17. The van der Waals surface area contributed by atoms with E-state index >= 15 is 0 Å². The first-order valence-electron chi connectivity index (χ1n) is 5.88. The smallest absolute Gasteiger partial charge is 0.0401 e. The fourth-order valence-electron chi connectivity index (χ4n) is 2.02. The van der Waals surface area contributed by atoms with E-state index in [1.807, 2.05) is 0 Å². The van der Waals surface area contributed by atoms with Gasteiger partial charge < -0.3 is 10.6 Å². The van der Waals surface area contributed by atoms with Crippen LogP contribution in [0.3, 0.4) is 0 Å². The van der Waals surface area contributed by atoms with E-state index in [-0.39, 0.29) is 0 Å². The quantitative estimate of drug-likeness (QED) is 0.679. The Morgan fingerprint density at radius 2 is 2.27 bits per heavy atom. The molecule has 2 heterocycles. The number of hydrogen-bond donors (Lipinski definition) is 2. The van der Waals surface area contributed by atoms with Crippen LogP contribution in [0.1, 0.15) is 25.3 Å². The van der Waals surface area contributed by atoms with Gasteiger partial charge in [0.15, 0.2) is 0 Å². The van der Waals surface area contributed by atoms with Gasteiger partial charge in [-0.25, -0.2) is 0 Å². The molecule has 0 amide bonds. The average Bonchev–Trinajstić information content (AvgIpc) is 2.60. The second-order valence-corrected chi connectivity index (χ2v) is 4.51. The third-order valence-electron chi connectivity index (χ3n) is 2.97. The first-order chi connectivity index (χ1) is 7.34. The average molecular weight is 204 g/mol. The lowest BCUT2D eigenvalue weighted by Crippen LogP contribution is -2.27. The van der Waals surface area contributed by atoms with E-state index in [4.69, 9.17) is 0 Å². The minimum Gasteiger partial charge on any atom is -0.381 e. The molecule has 2 N–H and O–H groups in total. The topological polar surface area (TPSA) is 24.1 Å². The van der Waals surface area contributed by atoms with Crippen molar-refractivity contribution in [1.29, 1.82) is 0 Å². The molecule has 1 unspecified atom stereocenters. The van der Waals surface area contributed by atoms with Crippen LogP contribution in [0.4, 0.5) is 5.69 Å². The summed E-state index contributed by atoms with van der Waals surface area (Å²) in [5.41, 5.74) is 2.64. The summed E-state index contributed by atoms with van der Waals surface area (Å²) >= 11 is 0. The number of anilines is 1. The van der Waals surface area contributed by atoms with Crippen molar-refractivity contribution in [2.45, 2.75) is 26.3 Å². The summed E-state index contributed by atoms with van der Waals surface area (Å²) < 4.78 is 0. The van der Waals surface area contributed by atoms with Crippen LogP contribution < -0.4 is 10.6 Å². The molecule has 3 rings (SSSR count). The van der Waals surface area contributed by atoms with Crippen molar-refractivity contribution in [1.82, 2.24) is 5.32 Å². The molecule has 82 valence electrons. The summed E-state index contributed by atoms with van der Waals surface area (Å²) in [6, 6.07) is 8.45. The second-order valence-electron chi connectivity index (χ2n) is 4.51. The summed E-state index contributed by atoms with van der Waals surface area (Å²) in [5.74, 6) is 0.925. The molecule has 2 aliphatic heterocycles. The van der Waals surface area contributed by atoms with Crippen LogP contribution in [0.15, 0.2) is 24.3 Å². The Balaban J connectivity index is 0.000000115. The summed E-state index contributed by atoms with van der Waals surface area (Å²) in [6.07, 6.45) is 2.80. The van der Waals surface area contributed by atoms with Crippen LogP contribution in [-0.2, 0) is 6.54 Å². The SMILES string of the molecule is CC1CCCNC1.c1cc2cc(c1)NC2. The van der Waals surface area contributed by atoms with Crippen molar-refractivity contribution in [3.05, 3.63) is 29.8 Å². The van der Waals surface area contributed by atoms with Crippen LogP contribution >= 0.6 is 0 Å². The molecule has 1 aromatic rings. The van der Waals surface area contributed by atoms with Gasteiger partial charge in [0.2, 0.25) is 0 Å². The van der Waals surface area contributed by atoms with Crippen LogP contribution in [-0.4, -0.2) is 13.1 Å². The summed E-state index contributed by atoms with van der Waals surface area (Å²) in [7, 11) is 0. The minimum absolute atomic E-state index is 0.925. The fourth-order valence-corrected chi connectivity index (χ4v) is 2.02. The zero-order valence-electron chi connectivity index (χ0n) is 9.42. The lowest BCUT2D eigenvalue weighted by Gasteiger charge is -2.17. The van der Waals surface area contributed by atoms with E-state index < -0.39 is 0 Å². The number of rotatable bonds is 0. The number of piperidine rings is 1. The lowest BCUT2D eigenvalue weighted by atomic mass is 10.0. The number of nitrogens with one attached hydrogen (secondary N) is 2. The van der Waals surface area contributed by atoms with Crippen molar-refractivity contribution < 1.29 is 0 Å². The van der Waals surface area contributed by atoms with Gasteiger partial charge in [0.25, 0.3) is 0 Å². The molecule has 15 heavy (non-hydrogen) atoms. The highest BCUT2D eigenvalue weighted by Crippen LogP contribution is 2.17. The van der Waals surface area contributed by atoms with Gasteiger partial charge in [-0.2, -0.15) is 0 Å². The highest BCUT2D eigenvalue weighted by atomic mass is 14.9. The van der Waals surface area contributed by atoms with E-state index in [0.717, 1.165) is 12.5 Å². The van der Waals surface area contributed by atoms with Crippen molar-refractivity contribution in [3.8, 4) is 0 Å². The summed E-state index contributed by atoms with van der Waals surface area (Å²) in [6.45, 7) is 5.79. The van der Waals surface area contributed by atoms with Crippen molar-refractivity contribution in [2.24, 2.45) is 5.92 Å². The molecule has 0 aromatic heterocycles. The molecule has 1 atom stereocenters. The maximum Gasteiger partial charge on any atom is 0.0401 e. The fraction of sp³-hybridized carbons (Fsp3) is 0.538. The summed E-state index contributed by atoms with van der Waals surface area (Å²) in [5, 5.41) is 6.56. The molecule has 2 heteroatoms. The molecule has 2 nitrogen and oxygen atoms in total. The van der Waals surface area contributed by atoms with E-state index in [0.29, 0.717) is 0 Å². The lowest BCUT2D eigenvalue weighted by molar-refractivity contribution is 0.405. The number of benzene rings is 1. The maximum absolute atomic E-state index is 3.33. The molecule has 1 fully saturated rings. The molecule has 0 radical (unpaired) electrons. The minimum atomic E-state index is 0.925. The van der Waals surface area contributed by atoms with Gasteiger partial charge in [-0.15, -0.1) is 0 Å². The molecule has 2 aliphatic rings. The highest BCUT2D eigenvalue weighted by Gasteiger charge is 2.04. The van der Waals surface area contributed by atoms with Crippen molar-refractivity contribution in [3.63, 3.8) is 0 Å². The van der Waals surface area contributed by atoms with Gasteiger partial charge in [-0.05, 0) is 49.5 Å². The van der Waals surface area contributed by atoms with E-state index in [1.54, 1.807) is 0 Å². The Bertz CT molecular complexity index is 284. The van der Waals surface area contributed by atoms with Gasteiger partial charge in [-0.1, -0.05) is 19.1 Å². The first kappa shape index (κ1) is 10.5. The zero-order valence-corrected chi connectivity index (χ0v) is 9.42. The normalized spacial score (nSPS) is 22.6. The molecule has 2 bridgehead atoms. The molecule has 0 aliphatic carbocycles. The van der Waals surface area contributed by atoms with Crippen LogP contribution in [0, 0.1) is 5.92 Å². The number of fused-ring (bicyclic) bond motifs is 2. The standard InChI is InChI=1S/C7H7N.C6H13N/c1-2-6-4-7(3-1)8-5-6;1-6-3-2-4-7-5-6/h1-4,8H,5H2;6-7H,2-5H2,1H3. The highest BCUT2D eigenvalue weighted by molar-refractivity contribution is 5.51. The zero-order chi connectivity index (χ0) is 10.5. The Hall–Kier alpha value is -1.02. The third kappa shape index (κ3) is 3.24. The van der Waals surface area contributed by atoms with Crippen LogP contribution in [0.5, 0.6) is 0 Å². The molecular weight excluding hydrogens is 184 g/mol. The van der Waals surface area contributed by atoms with Crippen LogP contribution in [0.25, 0.3) is 0 Å². The Kier molecular flexibility index (Phi) is 3.62. The summed E-state index contributed by atoms with van der Waals surface area (Å²) in [4.78, 5) is 0. The van der Waals surface area contributed by atoms with E-state index in [9.17, 15) is 0 Å².